The van der Waals surface area contributed by atoms with Crippen LogP contribution in [0.2, 0.25) is 0 Å². The van der Waals surface area contributed by atoms with Gasteiger partial charge >= 0.3 is 0 Å². The van der Waals surface area contributed by atoms with Crippen molar-refractivity contribution < 1.29 is 9.53 Å². The van der Waals surface area contributed by atoms with Crippen LogP contribution in [-0.4, -0.2) is 32.8 Å². The van der Waals surface area contributed by atoms with E-state index in [9.17, 15) is 4.79 Å². The summed E-state index contributed by atoms with van der Waals surface area (Å²) in [4.78, 5) is 22.0. The number of aryl methyl sites for hydroxylation is 3. The zero-order chi connectivity index (χ0) is 26.1. The number of nitrogens with zero attached hydrogens (tertiary/aromatic N) is 4. The quantitative estimate of drug-likeness (QED) is 0.315. The number of hydrogen-bond acceptors (Lipinski definition) is 6. The molecule has 4 aromatic rings. The standard InChI is InChI=1S/C28H29BrN6O2/c1-4-17-8-5-7-16(2)21(17)15-35-26-20(25(34-35)27(30)36)10-6-9-18-14-31-28(33-24(18)26)32-22-12-11-19(29)13-23(22)37-3/h5,7-8,11-14H,4,6,9-10,15H2,1-3H3,(H2,30,36)(H,31,32,33). The van der Waals surface area contributed by atoms with Crippen molar-refractivity contribution in [3.05, 3.63) is 80.6 Å². The van der Waals surface area contributed by atoms with E-state index in [1.807, 2.05) is 29.1 Å². The monoisotopic (exact) mass is 560 g/mol. The SMILES string of the molecule is CCc1cccc(C)c1Cn1nc(C(N)=O)c2c1-c1nc(Nc3ccc(Br)cc3OC)ncc1CCC2. The summed E-state index contributed by atoms with van der Waals surface area (Å²) >= 11 is 3.48. The van der Waals surface area contributed by atoms with Gasteiger partial charge in [-0.3, -0.25) is 9.48 Å². The number of carbonyl (C=O) groups is 1. The summed E-state index contributed by atoms with van der Waals surface area (Å²) in [5.74, 6) is 0.581. The maximum atomic E-state index is 12.4. The van der Waals surface area contributed by atoms with E-state index in [0.717, 1.165) is 51.9 Å². The molecule has 2 heterocycles. The van der Waals surface area contributed by atoms with Crippen LogP contribution in [0.25, 0.3) is 11.4 Å². The minimum Gasteiger partial charge on any atom is -0.495 e. The highest BCUT2D eigenvalue weighted by molar-refractivity contribution is 9.10. The Bertz CT molecular complexity index is 1500. The summed E-state index contributed by atoms with van der Waals surface area (Å²) in [7, 11) is 1.62. The van der Waals surface area contributed by atoms with Crippen molar-refractivity contribution in [1.29, 1.82) is 0 Å². The number of anilines is 2. The van der Waals surface area contributed by atoms with E-state index in [2.05, 4.69) is 58.3 Å². The van der Waals surface area contributed by atoms with Gasteiger partial charge in [-0.2, -0.15) is 5.10 Å². The minimum atomic E-state index is -0.522. The first-order valence-electron chi connectivity index (χ1n) is 12.3. The number of aromatic nitrogens is 4. The fraction of sp³-hybridized carbons (Fsp3) is 0.286. The lowest BCUT2D eigenvalue weighted by molar-refractivity contribution is 0.0994. The zero-order valence-electron chi connectivity index (χ0n) is 21.1. The zero-order valence-corrected chi connectivity index (χ0v) is 22.7. The molecule has 2 aromatic heterocycles. The predicted molar refractivity (Wildman–Crippen MR) is 147 cm³/mol. The van der Waals surface area contributed by atoms with Crippen molar-refractivity contribution in [2.75, 3.05) is 12.4 Å². The van der Waals surface area contributed by atoms with Crippen LogP contribution >= 0.6 is 15.9 Å². The Morgan fingerprint density at radius 3 is 2.84 bits per heavy atom. The number of methoxy groups -OCH3 is 1. The average Bonchev–Trinajstić information content (AvgIpc) is 3.14. The number of rotatable bonds is 7. The third kappa shape index (κ3) is 4.83. The molecule has 0 saturated heterocycles. The summed E-state index contributed by atoms with van der Waals surface area (Å²) in [6, 6.07) is 12.0. The second kappa shape index (κ2) is 10.3. The number of carbonyl (C=O) groups excluding carboxylic acids is 1. The van der Waals surface area contributed by atoms with E-state index >= 15 is 0 Å². The molecule has 1 aliphatic rings. The molecular formula is C28H29BrN6O2. The highest BCUT2D eigenvalue weighted by atomic mass is 79.9. The van der Waals surface area contributed by atoms with Crippen LogP contribution in [-0.2, 0) is 25.8 Å². The molecule has 3 N–H and O–H groups in total. The largest absolute Gasteiger partial charge is 0.495 e. The van der Waals surface area contributed by atoms with Crippen molar-refractivity contribution in [3.8, 4) is 17.1 Å². The molecule has 9 heteroatoms. The first kappa shape index (κ1) is 25.0. The maximum absolute atomic E-state index is 12.4. The molecule has 1 amide bonds. The Morgan fingerprint density at radius 1 is 1.24 bits per heavy atom. The molecule has 0 atom stereocenters. The van der Waals surface area contributed by atoms with Crippen molar-refractivity contribution in [2.24, 2.45) is 5.73 Å². The molecule has 5 rings (SSSR count). The molecule has 37 heavy (non-hydrogen) atoms. The van der Waals surface area contributed by atoms with Gasteiger partial charge in [-0.15, -0.1) is 0 Å². The van der Waals surface area contributed by atoms with E-state index in [1.165, 1.54) is 16.7 Å². The lowest BCUT2D eigenvalue weighted by atomic mass is 10.00. The molecule has 190 valence electrons. The topological polar surface area (TPSA) is 108 Å². The highest BCUT2D eigenvalue weighted by Crippen LogP contribution is 2.36. The van der Waals surface area contributed by atoms with Crippen LogP contribution in [0.15, 0.2) is 47.1 Å². The Hall–Kier alpha value is -3.72. The van der Waals surface area contributed by atoms with Gasteiger partial charge in [0.25, 0.3) is 5.91 Å². The van der Waals surface area contributed by atoms with Gasteiger partial charge in [0.05, 0.1) is 30.7 Å². The van der Waals surface area contributed by atoms with E-state index in [4.69, 9.17) is 20.6 Å². The van der Waals surface area contributed by atoms with Crippen molar-refractivity contribution in [2.45, 2.75) is 46.1 Å². The van der Waals surface area contributed by atoms with Crippen molar-refractivity contribution >= 4 is 33.5 Å². The predicted octanol–water partition coefficient (Wildman–Crippen LogP) is 5.36. The smallest absolute Gasteiger partial charge is 0.269 e. The number of benzene rings is 2. The van der Waals surface area contributed by atoms with Gasteiger partial charge in [0.2, 0.25) is 5.95 Å². The van der Waals surface area contributed by atoms with E-state index in [-0.39, 0.29) is 0 Å². The van der Waals surface area contributed by atoms with Gasteiger partial charge in [0.1, 0.15) is 5.75 Å². The van der Waals surface area contributed by atoms with Crippen LogP contribution in [0.4, 0.5) is 11.6 Å². The Morgan fingerprint density at radius 2 is 2.08 bits per heavy atom. The van der Waals surface area contributed by atoms with Gasteiger partial charge in [0, 0.05) is 16.2 Å². The Kier molecular flexibility index (Phi) is 6.97. The van der Waals surface area contributed by atoms with Crippen LogP contribution < -0.4 is 15.8 Å². The number of fused-ring (bicyclic) bond motifs is 3. The molecule has 0 bridgehead atoms. The van der Waals surface area contributed by atoms with Crippen LogP contribution in [0, 0.1) is 6.92 Å². The normalized spacial score (nSPS) is 12.4. The van der Waals surface area contributed by atoms with Crippen molar-refractivity contribution in [1.82, 2.24) is 19.7 Å². The second-order valence-corrected chi connectivity index (χ2v) is 10.1. The lowest BCUT2D eigenvalue weighted by Crippen LogP contribution is -2.15. The number of hydrogen-bond donors (Lipinski definition) is 2. The number of nitrogens with two attached hydrogens (primary N) is 1. The molecule has 0 saturated carbocycles. The number of amides is 1. The van der Waals surface area contributed by atoms with Gasteiger partial charge in [-0.25, -0.2) is 9.97 Å². The average molecular weight is 561 g/mol. The second-order valence-electron chi connectivity index (χ2n) is 9.15. The van der Waals surface area contributed by atoms with Gasteiger partial charge < -0.3 is 15.8 Å². The number of ether oxygens (including phenoxy) is 1. The van der Waals surface area contributed by atoms with Crippen LogP contribution in [0.5, 0.6) is 5.75 Å². The van der Waals surface area contributed by atoms with E-state index < -0.39 is 5.91 Å². The maximum Gasteiger partial charge on any atom is 0.269 e. The number of nitrogens with one attached hydrogen (secondary N) is 1. The third-order valence-corrected chi connectivity index (χ3v) is 7.34. The molecule has 0 unspecified atom stereocenters. The molecule has 2 aromatic carbocycles. The Balaban J connectivity index is 1.64. The molecule has 0 fully saturated rings. The molecule has 0 radical (unpaired) electrons. The summed E-state index contributed by atoms with van der Waals surface area (Å²) in [6.45, 7) is 4.78. The fourth-order valence-corrected chi connectivity index (χ4v) is 5.32. The van der Waals surface area contributed by atoms with Gasteiger partial charge in [-0.1, -0.05) is 41.1 Å². The van der Waals surface area contributed by atoms with E-state index in [0.29, 0.717) is 30.4 Å². The highest BCUT2D eigenvalue weighted by Gasteiger charge is 2.28. The van der Waals surface area contributed by atoms with Gasteiger partial charge in [0.15, 0.2) is 5.69 Å². The van der Waals surface area contributed by atoms with E-state index in [1.54, 1.807) is 7.11 Å². The van der Waals surface area contributed by atoms with Gasteiger partial charge in [-0.05, 0) is 73.1 Å². The number of primary amides is 1. The molecule has 0 aliphatic heterocycles. The Labute approximate surface area is 224 Å². The first-order chi connectivity index (χ1) is 17.9. The first-order valence-corrected chi connectivity index (χ1v) is 13.1. The summed E-state index contributed by atoms with van der Waals surface area (Å²) in [5, 5.41) is 8.02. The number of halogens is 1. The van der Waals surface area contributed by atoms with Crippen LogP contribution in [0.1, 0.15) is 51.7 Å². The molecule has 0 spiro atoms. The lowest BCUT2D eigenvalue weighted by Gasteiger charge is -2.16. The summed E-state index contributed by atoms with van der Waals surface area (Å²) < 4.78 is 8.33. The minimum absolute atomic E-state index is 0.317. The molecular weight excluding hydrogens is 532 g/mol. The molecule has 1 aliphatic carbocycles. The third-order valence-electron chi connectivity index (χ3n) is 6.85. The van der Waals surface area contributed by atoms with Crippen molar-refractivity contribution in [3.63, 3.8) is 0 Å². The van der Waals surface area contributed by atoms with Crippen LogP contribution in [0.3, 0.4) is 0 Å². The summed E-state index contributed by atoms with van der Waals surface area (Å²) in [6.07, 6.45) is 5.12. The summed E-state index contributed by atoms with van der Waals surface area (Å²) in [5.41, 5.74) is 14.0. The fourth-order valence-electron chi connectivity index (χ4n) is 4.98. The molecule has 8 nitrogen and oxygen atoms in total.